The number of nitrogens with one attached hydrogen (secondary N) is 1. The summed E-state index contributed by atoms with van der Waals surface area (Å²) in [6.45, 7) is 6.22. The second-order valence-electron chi connectivity index (χ2n) is 9.89. The maximum absolute atomic E-state index is 12.7. The van der Waals surface area contributed by atoms with Crippen LogP contribution >= 0.6 is 11.8 Å². The van der Waals surface area contributed by atoms with Crippen molar-refractivity contribution in [3.63, 3.8) is 0 Å². The standard InChI is InChI=1S/C30H27F3N6O3S/c1-18-14-19(2)26(20(3)15-18)39-25(40)16-43-29(39)36-28(41)34-13-12-21-4-6-22(7-5-21)27-35-17-38(37-27)23-8-10-24(11-9-23)42-30(31,32)33/h4-11,14-15,17H,12-13,16H2,1-3H3,(H,34,41). The highest BCUT2D eigenvalue weighted by atomic mass is 32.2. The van der Waals surface area contributed by atoms with E-state index in [4.69, 9.17) is 0 Å². The van der Waals surface area contributed by atoms with Crippen molar-refractivity contribution in [1.82, 2.24) is 20.1 Å². The molecular weight excluding hydrogens is 581 g/mol. The van der Waals surface area contributed by atoms with Crippen LogP contribution in [0, 0.1) is 20.8 Å². The summed E-state index contributed by atoms with van der Waals surface area (Å²) in [5.41, 5.74) is 5.99. The van der Waals surface area contributed by atoms with Gasteiger partial charge in [0.2, 0.25) is 5.91 Å². The first-order valence-corrected chi connectivity index (χ1v) is 14.2. The first-order valence-electron chi connectivity index (χ1n) is 13.2. The molecule has 0 atom stereocenters. The normalized spacial score (nSPS) is 14.4. The number of carbonyl (C=O) groups excluding carboxylic acids is 2. The number of thioether (sulfide) groups is 1. The second kappa shape index (κ2) is 12.3. The van der Waals surface area contributed by atoms with Gasteiger partial charge in [-0.3, -0.25) is 9.69 Å². The van der Waals surface area contributed by atoms with E-state index >= 15 is 0 Å². The van der Waals surface area contributed by atoms with Gasteiger partial charge in [-0.1, -0.05) is 53.7 Å². The number of rotatable bonds is 7. The van der Waals surface area contributed by atoms with Crippen molar-refractivity contribution in [2.24, 2.45) is 4.99 Å². The first kappa shape index (κ1) is 29.8. The van der Waals surface area contributed by atoms with Gasteiger partial charge in [0.05, 0.1) is 17.1 Å². The van der Waals surface area contributed by atoms with Gasteiger partial charge in [0, 0.05) is 12.1 Å². The fourth-order valence-electron chi connectivity index (χ4n) is 4.77. The Morgan fingerprint density at radius 1 is 1.05 bits per heavy atom. The Hall–Kier alpha value is -4.65. The van der Waals surface area contributed by atoms with Crippen molar-refractivity contribution in [1.29, 1.82) is 0 Å². The zero-order valence-corrected chi connectivity index (χ0v) is 24.3. The highest BCUT2D eigenvalue weighted by Crippen LogP contribution is 2.33. The number of urea groups is 1. The molecule has 0 unspecified atom stereocenters. The van der Waals surface area contributed by atoms with E-state index in [-0.39, 0.29) is 17.4 Å². The smallest absolute Gasteiger partial charge is 0.406 e. The molecule has 0 saturated carbocycles. The second-order valence-corrected chi connectivity index (χ2v) is 10.8. The van der Waals surface area contributed by atoms with E-state index in [0.29, 0.717) is 29.6 Å². The minimum absolute atomic E-state index is 0.112. The fourth-order valence-corrected chi connectivity index (χ4v) is 5.62. The number of hydrogen-bond acceptors (Lipinski definition) is 6. The Morgan fingerprint density at radius 3 is 2.37 bits per heavy atom. The predicted molar refractivity (Wildman–Crippen MR) is 159 cm³/mol. The third-order valence-corrected chi connectivity index (χ3v) is 7.47. The molecule has 13 heteroatoms. The van der Waals surface area contributed by atoms with E-state index in [1.165, 1.54) is 51.9 Å². The van der Waals surface area contributed by atoms with Crippen LogP contribution in [0.25, 0.3) is 17.1 Å². The topological polar surface area (TPSA) is 102 Å². The molecule has 1 saturated heterocycles. The number of benzene rings is 3. The van der Waals surface area contributed by atoms with Gasteiger partial charge in [0.25, 0.3) is 0 Å². The minimum atomic E-state index is -4.76. The summed E-state index contributed by atoms with van der Waals surface area (Å²) in [7, 11) is 0. The van der Waals surface area contributed by atoms with Crippen LogP contribution in [0.15, 0.2) is 72.0 Å². The maximum Gasteiger partial charge on any atom is 0.573 e. The summed E-state index contributed by atoms with van der Waals surface area (Å²) in [6, 6.07) is 16.3. The van der Waals surface area contributed by atoms with Gasteiger partial charge in [-0.15, -0.1) is 18.3 Å². The average molecular weight is 609 g/mol. The van der Waals surface area contributed by atoms with Crippen molar-refractivity contribution in [3.8, 4) is 22.8 Å². The number of aliphatic imine (C=N–C) groups is 1. The number of aromatic nitrogens is 3. The Morgan fingerprint density at radius 2 is 1.72 bits per heavy atom. The molecule has 0 radical (unpaired) electrons. The van der Waals surface area contributed by atoms with Crippen LogP contribution in [-0.4, -0.2) is 50.5 Å². The third kappa shape index (κ3) is 7.23. The number of anilines is 1. The lowest BCUT2D eigenvalue weighted by Gasteiger charge is -2.21. The highest BCUT2D eigenvalue weighted by molar-refractivity contribution is 8.15. The molecule has 0 aliphatic carbocycles. The van der Waals surface area contributed by atoms with Gasteiger partial charge in [-0.2, -0.15) is 4.99 Å². The van der Waals surface area contributed by atoms with Crippen LogP contribution in [0.1, 0.15) is 22.3 Å². The molecular formula is C30H27F3N6O3S. The van der Waals surface area contributed by atoms with Crippen LogP contribution < -0.4 is 15.0 Å². The van der Waals surface area contributed by atoms with Gasteiger partial charge >= 0.3 is 12.4 Å². The van der Waals surface area contributed by atoms with Crippen molar-refractivity contribution < 1.29 is 27.5 Å². The monoisotopic (exact) mass is 608 g/mol. The SMILES string of the molecule is Cc1cc(C)c(N2C(=O)CSC2=NC(=O)NCCc2ccc(-c3ncn(-c4ccc(OC(F)(F)F)cc4)n3)cc2)c(C)c1. The van der Waals surface area contributed by atoms with Crippen LogP contribution in [0.3, 0.4) is 0 Å². The predicted octanol–water partition coefficient (Wildman–Crippen LogP) is 6.15. The van der Waals surface area contributed by atoms with E-state index in [1.54, 1.807) is 0 Å². The first-order chi connectivity index (χ1) is 20.5. The van der Waals surface area contributed by atoms with Crippen molar-refractivity contribution in [3.05, 3.63) is 89.2 Å². The Balaban J connectivity index is 1.17. The zero-order chi connectivity index (χ0) is 30.7. The van der Waals surface area contributed by atoms with Gasteiger partial charge in [-0.25, -0.2) is 14.5 Å². The molecule has 9 nitrogen and oxygen atoms in total. The van der Waals surface area contributed by atoms with E-state index in [1.807, 2.05) is 57.2 Å². The number of alkyl halides is 3. The van der Waals surface area contributed by atoms with Crippen LogP contribution in [0.2, 0.25) is 0 Å². The summed E-state index contributed by atoms with van der Waals surface area (Å²) in [5, 5.41) is 7.56. The number of halogens is 3. The lowest BCUT2D eigenvalue weighted by molar-refractivity contribution is -0.274. The molecule has 1 N–H and O–H groups in total. The molecule has 4 aromatic rings. The fraction of sp³-hybridized carbons (Fsp3) is 0.233. The van der Waals surface area contributed by atoms with Gasteiger partial charge < -0.3 is 10.1 Å². The quantitative estimate of drug-likeness (QED) is 0.270. The van der Waals surface area contributed by atoms with Crippen LogP contribution in [-0.2, 0) is 11.2 Å². The maximum atomic E-state index is 12.7. The molecule has 2 heterocycles. The Labute approximate surface area is 249 Å². The molecule has 0 spiro atoms. The lowest BCUT2D eigenvalue weighted by atomic mass is 10.0. The molecule has 5 rings (SSSR count). The summed E-state index contributed by atoms with van der Waals surface area (Å²) < 4.78 is 42.5. The number of amidine groups is 1. The van der Waals surface area contributed by atoms with Gasteiger partial charge in [-0.05, 0) is 68.1 Å². The molecule has 3 amide bonds. The van der Waals surface area contributed by atoms with E-state index in [2.05, 4.69) is 25.1 Å². The van der Waals surface area contributed by atoms with Crippen LogP contribution in [0.4, 0.5) is 23.7 Å². The summed E-state index contributed by atoms with van der Waals surface area (Å²) >= 11 is 1.24. The van der Waals surface area contributed by atoms with Crippen molar-refractivity contribution >= 4 is 34.6 Å². The minimum Gasteiger partial charge on any atom is -0.406 e. The molecule has 222 valence electrons. The molecule has 0 bridgehead atoms. The van der Waals surface area contributed by atoms with Gasteiger partial charge in [0.1, 0.15) is 12.1 Å². The molecule has 1 aromatic heterocycles. The van der Waals surface area contributed by atoms with Gasteiger partial charge in [0.15, 0.2) is 11.0 Å². The molecule has 43 heavy (non-hydrogen) atoms. The largest absolute Gasteiger partial charge is 0.573 e. The van der Waals surface area contributed by atoms with E-state index < -0.39 is 12.4 Å². The van der Waals surface area contributed by atoms with Crippen molar-refractivity contribution in [2.45, 2.75) is 33.6 Å². The Kier molecular flexibility index (Phi) is 8.53. The number of aryl methyl sites for hydroxylation is 3. The molecule has 3 aromatic carbocycles. The zero-order valence-electron chi connectivity index (χ0n) is 23.5. The average Bonchev–Trinajstić information content (AvgIpc) is 3.56. The molecule has 1 aliphatic rings. The third-order valence-electron chi connectivity index (χ3n) is 6.55. The Bertz CT molecular complexity index is 1660. The summed E-state index contributed by atoms with van der Waals surface area (Å²) in [4.78, 5) is 35.3. The number of hydrogen-bond donors (Lipinski definition) is 1. The number of ether oxygens (including phenoxy) is 1. The van der Waals surface area contributed by atoms with E-state index in [9.17, 15) is 22.8 Å². The van der Waals surface area contributed by atoms with Crippen LogP contribution in [0.5, 0.6) is 5.75 Å². The summed E-state index contributed by atoms with van der Waals surface area (Å²) in [5.74, 6) is 0.234. The van der Waals surface area contributed by atoms with E-state index in [0.717, 1.165) is 33.5 Å². The van der Waals surface area contributed by atoms with Crippen molar-refractivity contribution in [2.75, 3.05) is 17.2 Å². The number of carbonyl (C=O) groups is 2. The summed E-state index contributed by atoms with van der Waals surface area (Å²) in [6.07, 6.45) is -2.73. The molecule has 1 aliphatic heterocycles. The lowest BCUT2D eigenvalue weighted by Crippen LogP contribution is -2.32. The number of nitrogens with zero attached hydrogens (tertiary/aromatic N) is 5. The molecule has 1 fully saturated rings. The highest BCUT2D eigenvalue weighted by Gasteiger charge is 2.33. The number of amides is 3.